The largest absolute Gasteiger partial charge is 0.491 e. The topological polar surface area (TPSA) is 51.2 Å². The molecule has 104 valence electrons. The molecule has 2 aromatic rings. The van der Waals surface area contributed by atoms with Crippen LogP contribution in [0.15, 0.2) is 42.6 Å². The van der Waals surface area contributed by atoms with Crippen LogP contribution in [-0.4, -0.2) is 17.0 Å². The van der Waals surface area contributed by atoms with Gasteiger partial charge in [0.15, 0.2) is 0 Å². The van der Waals surface area contributed by atoms with Crippen molar-refractivity contribution < 1.29 is 9.53 Å². The van der Waals surface area contributed by atoms with E-state index >= 15 is 0 Å². The smallest absolute Gasteiger partial charge is 0.258 e. The summed E-state index contributed by atoms with van der Waals surface area (Å²) in [6, 6.07) is 10.5. The van der Waals surface area contributed by atoms with Crippen LogP contribution in [0.3, 0.4) is 0 Å². The van der Waals surface area contributed by atoms with Crippen LogP contribution < -0.4 is 10.1 Å². The number of halogens is 1. The second-order valence-electron chi connectivity index (χ2n) is 4.49. The second-order valence-corrected chi connectivity index (χ2v) is 4.85. The SMILES string of the molecule is CC(C)Oc1cccc(NC(=O)c2cccnc2Cl)c1. The van der Waals surface area contributed by atoms with Gasteiger partial charge < -0.3 is 10.1 Å². The zero-order valence-corrected chi connectivity index (χ0v) is 12.0. The Morgan fingerprint density at radius 1 is 1.30 bits per heavy atom. The summed E-state index contributed by atoms with van der Waals surface area (Å²) in [6.07, 6.45) is 1.62. The van der Waals surface area contributed by atoms with E-state index in [1.807, 2.05) is 26.0 Å². The summed E-state index contributed by atoms with van der Waals surface area (Å²) in [5, 5.41) is 2.95. The van der Waals surface area contributed by atoms with Gasteiger partial charge in [-0.3, -0.25) is 4.79 Å². The zero-order valence-electron chi connectivity index (χ0n) is 11.3. The molecular weight excluding hydrogens is 276 g/mol. The van der Waals surface area contributed by atoms with E-state index in [0.29, 0.717) is 17.0 Å². The van der Waals surface area contributed by atoms with E-state index in [1.165, 1.54) is 6.20 Å². The van der Waals surface area contributed by atoms with E-state index in [-0.39, 0.29) is 17.2 Å². The minimum absolute atomic E-state index is 0.0775. The zero-order chi connectivity index (χ0) is 14.5. The molecule has 0 radical (unpaired) electrons. The molecule has 0 unspecified atom stereocenters. The van der Waals surface area contributed by atoms with Crippen LogP contribution in [0.2, 0.25) is 5.15 Å². The van der Waals surface area contributed by atoms with Gasteiger partial charge in [-0.05, 0) is 38.1 Å². The molecule has 1 amide bonds. The molecule has 1 N–H and O–H groups in total. The van der Waals surface area contributed by atoms with Crippen molar-refractivity contribution in [1.82, 2.24) is 4.98 Å². The molecule has 0 aliphatic heterocycles. The van der Waals surface area contributed by atoms with E-state index < -0.39 is 0 Å². The summed E-state index contributed by atoms with van der Waals surface area (Å²) in [4.78, 5) is 16.0. The summed E-state index contributed by atoms with van der Waals surface area (Å²) < 4.78 is 5.58. The number of rotatable bonds is 4. The molecule has 0 atom stereocenters. The first kappa shape index (κ1) is 14.3. The lowest BCUT2D eigenvalue weighted by Gasteiger charge is -2.11. The average molecular weight is 291 g/mol. The molecule has 0 aliphatic rings. The van der Waals surface area contributed by atoms with Crippen molar-refractivity contribution in [3.05, 3.63) is 53.3 Å². The number of hydrogen-bond acceptors (Lipinski definition) is 3. The van der Waals surface area contributed by atoms with E-state index in [0.717, 1.165) is 0 Å². The molecule has 0 spiro atoms. The van der Waals surface area contributed by atoms with Gasteiger partial charge in [0.2, 0.25) is 0 Å². The van der Waals surface area contributed by atoms with Gasteiger partial charge in [0.25, 0.3) is 5.91 Å². The first-order chi connectivity index (χ1) is 9.56. The van der Waals surface area contributed by atoms with Gasteiger partial charge in [0.05, 0.1) is 11.7 Å². The third kappa shape index (κ3) is 3.71. The maximum Gasteiger partial charge on any atom is 0.258 e. The van der Waals surface area contributed by atoms with Crippen LogP contribution in [0.1, 0.15) is 24.2 Å². The fraction of sp³-hybridized carbons (Fsp3) is 0.200. The number of amides is 1. The summed E-state index contributed by atoms with van der Waals surface area (Å²) >= 11 is 5.89. The molecule has 0 bridgehead atoms. The van der Waals surface area contributed by atoms with Crippen molar-refractivity contribution in [3.63, 3.8) is 0 Å². The van der Waals surface area contributed by atoms with Crippen LogP contribution in [0.25, 0.3) is 0 Å². The van der Waals surface area contributed by atoms with Crippen LogP contribution in [-0.2, 0) is 0 Å². The predicted molar refractivity (Wildman–Crippen MR) is 79.4 cm³/mol. The van der Waals surface area contributed by atoms with E-state index in [1.54, 1.807) is 24.3 Å². The van der Waals surface area contributed by atoms with E-state index in [4.69, 9.17) is 16.3 Å². The van der Waals surface area contributed by atoms with Gasteiger partial charge in [-0.2, -0.15) is 0 Å². The number of hydrogen-bond donors (Lipinski definition) is 1. The molecule has 4 nitrogen and oxygen atoms in total. The minimum atomic E-state index is -0.301. The van der Waals surface area contributed by atoms with E-state index in [9.17, 15) is 4.79 Å². The molecule has 1 aromatic heterocycles. The van der Waals surface area contributed by atoms with Crippen molar-refractivity contribution in [2.75, 3.05) is 5.32 Å². The number of ether oxygens (including phenoxy) is 1. The van der Waals surface area contributed by atoms with Gasteiger partial charge in [-0.25, -0.2) is 4.98 Å². The van der Waals surface area contributed by atoms with Crippen molar-refractivity contribution >= 4 is 23.2 Å². The number of nitrogens with zero attached hydrogens (tertiary/aromatic N) is 1. The molecule has 0 fully saturated rings. The normalized spacial score (nSPS) is 10.4. The number of carbonyl (C=O) groups excluding carboxylic acids is 1. The lowest BCUT2D eigenvalue weighted by atomic mass is 10.2. The number of benzene rings is 1. The number of carbonyl (C=O) groups is 1. The molecule has 1 heterocycles. The maximum atomic E-state index is 12.1. The van der Waals surface area contributed by atoms with Crippen LogP contribution in [0.4, 0.5) is 5.69 Å². The van der Waals surface area contributed by atoms with Gasteiger partial charge in [-0.1, -0.05) is 17.7 Å². The van der Waals surface area contributed by atoms with Gasteiger partial charge >= 0.3 is 0 Å². The first-order valence-corrected chi connectivity index (χ1v) is 6.62. The molecule has 1 aromatic carbocycles. The highest BCUT2D eigenvalue weighted by molar-refractivity contribution is 6.33. The number of nitrogens with one attached hydrogen (secondary N) is 1. The highest BCUT2D eigenvalue weighted by atomic mass is 35.5. The molecular formula is C15H15ClN2O2. The van der Waals surface area contributed by atoms with Crippen LogP contribution >= 0.6 is 11.6 Å². The Morgan fingerprint density at radius 3 is 2.80 bits per heavy atom. The molecule has 2 rings (SSSR count). The average Bonchev–Trinajstić information content (AvgIpc) is 2.38. The van der Waals surface area contributed by atoms with Crippen molar-refractivity contribution in [2.24, 2.45) is 0 Å². The van der Waals surface area contributed by atoms with Gasteiger partial charge in [0, 0.05) is 18.0 Å². The quantitative estimate of drug-likeness (QED) is 0.872. The lowest BCUT2D eigenvalue weighted by Crippen LogP contribution is -2.13. The standard InChI is InChI=1S/C15H15ClN2O2/c1-10(2)20-12-6-3-5-11(9-12)18-15(19)13-7-4-8-17-14(13)16/h3-10H,1-2H3,(H,18,19). The summed E-state index contributed by atoms with van der Waals surface area (Å²) in [5.41, 5.74) is 0.984. The Hall–Kier alpha value is -2.07. The fourth-order valence-electron chi connectivity index (χ4n) is 1.67. The Kier molecular flexibility index (Phi) is 4.58. The number of aromatic nitrogens is 1. The van der Waals surface area contributed by atoms with Gasteiger partial charge in [0.1, 0.15) is 10.9 Å². The Bertz CT molecular complexity index is 614. The van der Waals surface area contributed by atoms with Crippen molar-refractivity contribution in [2.45, 2.75) is 20.0 Å². The molecule has 0 aliphatic carbocycles. The Labute approximate surface area is 122 Å². The summed E-state index contributed by atoms with van der Waals surface area (Å²) in [5.74, 6) is 0.403. The Balaban J connectivity index is 2.14. The summed E-state index contributed by atoms with van der Waals surface area (Å²) in [7, 11) is 0. The third-order valence-electron chi connectivity index (χ3n) is 2.47. The number of pyridine rings is 1. The molecule has 0 saturated carbocycles. The van der Waals surface area contributed by atoms with Gasteiger partial charge in [-0.15, -0.1) is 0 Å². The number of anilines is 1. The molecule has 0 saturated heterocycles. The highest BCUT2D eigenvalue weighted by Crippen LogP contribution is 2.20. The minimum Gasteiger partial charge on any atom is -0.491 e. The van der Waals surface area contributed by atoms with Crippen LogP contribution in [0, 0.1) is 0 Å². The van der Waals surface area contributed by atoms with E-state index in [2.05, 4.69) is 10.3 Å². The van der Waals surface area contributed by atoms with Crippen molar-refractivity contribution in [1.29, 1.82) is 0 Å². The summed E-state index contributed by atoms with van der Waals surface area (Å²) in [6.45, 7) is 3.89. The second kappa shape index (κ2) is 6.39. The predicted octanol–water partition coefficient (Wildman–Crippen LogP) is 3.77. The Morgan fingerprint density at radius 2 is 2.10 bits per heavy atom. The first-order valence-electron chi connectivity index (χ1n) is 6.25. The van der Waals surface area contributed by atoms with Crippen molar-refractivity contribution in [3.8, 4) is 5.75 Å². The molecule has 20 heavy (non-hydrogen) atoms. The fourth-order valence-corrected chi connectivity index (χ4v) is 1.88. The molecule has 5 heteroatoms. The third-order valence-corrected chi connectivity index (χ3v) is 2.77. The van der Waals surface area contributed by atoms with Crippen LogP contribution in [0.5, 0.6) is 5.75 Å². The lowest BCUT2D eigenvalue weighted by molar-refractivity contribution is 0.102. The highest BCUT2D eigenvalue weighted by Gasteiger charge is 2.11. The maximum absolute atomic E-state index is 12.1. The monoisotopic (exact) mass is 290 g/mol.